The van der Waals surface area contributed by atoms with E-state index in [1.165, 1.54) is 0 Å². The first-order valence-electron chi connectivity index (χ1n) is 9.53. The summed E-state index contributed by atoms with van der Waals surface area (Å²) in [6.07, 6.45) is 0.344. The predicted molar refractivity (Wildman–Crippen MR) is 112 cm³/mol. The Morgan fingerprint density at radius 3 is 2.31 bits per heavy atom. The van der Waals surface area contributed by atoms with Gasteiger partial charge in [-0.15, -0.1) is 0 Å². The smallest absolute Gasteiger partial charge is 0.226 e. The zero-order valence-corrected chi connectivity index (χ0v) is 15.9. The predicted octanol–water partition coefficient (Wildman–Crippen LogP) is 4.69. The van der Waals surface area contributed by atoms with E-state index in [0.29, 0.717) is 26.2 Å². The van der Waals surface area contributed by atoms with Crippen LogP contribution in [0.5, 0.6) is 23.0 Å². The highest BCUT2D eigenvalue weighted by Gasteiger charge is 2.11. The van der Waals surface area contributed by atoms with Crippen molar-refractivity contribution in [3.63, 3.8) is 0 Å². The summed E-state index contributed by atoms with van der Waals surface area (Å²) < 4.78 is 16.8. The number of rotatable bonds is 7. The van der Waals surface area contributed by atoms with E-state index in [2.05, 4.69) is 10.6 Å². The fourth-order valence-electron chi connectivity index (χ4n) is 2.93. The molecular weight excluding hydrogens is 368 g/mol. The summed E-state index contributed by atoms with van der Waals surface area (Å²) in [5.74, 6) is 2.90. The molecular formula is C23H22N2O4. The molecule has 0 fully saturated rings. The molecule has 0 bridgehead atoms. The molecule has 0 atom stereocenters. The molecule has 0 spiro atoms. The van der Waals surface area contributed by atoms with Crippen molar-refractivity contribution in [2.24, 2.45) is 0 Å². The number of fused-ring (bicyclic) bond motifs is 1. The molecule has 1 amide bonds. The van der Waals surface area contributed by atoms with Gasteiger partial charge >= 0.3 is 0 Å². The van der Waals surface area contributed by atoms with Crippen LogP contribution in [0.15, 0.2) is 72.8 Å². The molecule has 3 aromatic rings. The molecule has 6 nitrogen and oxygen atoms in total. The van der Waals surface area contributed by atoms with Crippen molar-refractivity contribution in [2.75, 3.05) is 30.4 Å². The number of hydrogen-bond acceptors (Lipinski definition) is 5. The van der Waals surface area contributed by atoms with E-state index in [0.717, 1.165) is 34.4 Å². The van der Waals surface area contributed by atoms with Crippen molar-refractivity contribution in [3.05, 3.63) is 72.8 Å². The minimum atomic E-state index is -0.0632. The van der Waals surface area contributed by atoms with Crippen LogP contribution in [0.1, 0.15) is 6.42 Å². The van der Waals surface area contributed by atoms with Crippen LogP contribution in [0, 0.1) is 0 Å². The van der Waals surface area contributed by atoms with Crippen LogP contribution in [0.25, 0.3) is 0 Å². The van der Waals surface area contributed by atoms with Gasteiger partial charge in [0.05, 0.1) is 0 Å². The molecule has 1 heterocycles. The maximum atomic E-state index is 12.2. The zero-order chi connectivity index (χ0) is 19.9. The Morgan fingerprint density at radius 1 is 0.828 bits per heavy atom. The fourth-order valence-corrected chi connectivity index (χ4v) is 2.93. The van der Waals surface area contributed by atoms with Gasteiger partial charge in [-0.3, -0.25) is 4.79 Å². The standard InChI is InChI=1S/C23H22N2O4/c26-23(12-13-24-18-8-11-21-22(16-18)28-15-14-27-21)25-17-6-9-20(10-7-17)29-19-4-2-1-3-5-19/h1-11,16,24H,12-15H2,(H,25,26). The van der Waals surface area contributed by atoms with Crippen LogP contribution < -0.4 is 24.8 Å². The number of ether oxygens (including phenoxy) is 3. The van der Waals surface area contributed by atoms with Crippen LogP contribution in [0.2, 0.25) is 0 Å². The second-order valence-corrected chi connectivity index (χ2v) is 6.52. The molecule has 1 aliphatic heterocycles. The third-order valence-corrected chi connectivity index (χ3v) is 4.34. The molecule has 0 aliphatic carbocycles. The van der Waals surface area contributed by atoms with Gasteiger partial charge in [0.25, 0.3) is 0 Å². The highest BCUT2D eigenvalue weighted by molar-refractivity contribution is 5.91. The topological polar surface area (TPSA) is 68.8 Å². The third kappa shape index (κ3) is 5.19. The van der Waals surface area contributed by atoms with Gasteiger partial charge in [-0.1, -0.05) is 18.2 Å². The monoisotopic (exact) mass is 390 g/mol. The summed E-state index contributed by atoms with van der Waals surface area (Å²) in [6, 6.07) is 22.5. The molecule has 3 aromatic carbocycles. The highest BCUT2D eigenvalue weighted by Crippen LogP contribution is 2.32. The second kappa shape index (κ2) is 9.01. The molecule has 29 heavy (non-hydrogen) atoms. The van der Waals surface area contributed by atoms with Gasteiger partial charge in [0.2, 0.25) is 5.91 Å². The van der Waals surface area contributed by atoms with Crippen LogP contribution >= 0.6 is 0 Å². The lowest BCUT2D eigenvalue weighted by molar-refractivity contribution is -0.115. The molecule has 0 aromatic heterocycles. The maximum Gasteiger partial charge on any atom is 0.226 e. The maximum absolute atomic E-state index is 12.2. The van der Waals surface area contributed by atoms with Gasteiger partial charge in [0.1, 0.15) is 24.7 Å². The van der Waals surface area contributed by atoms with E-state index in [4.69, 9.17) is 14.2 Å². The van der Waals surface area contributed by atoms with Crippen molar-refractivity contribution in [1.82, 2.24) is 0 Å². The zero-order valence-electron chi connectivity index (χ0n) is 15.9. The number of hydrogen-bond donors (Lipinski definition) is 2. The lowest BCUT2D eigenvalue weighted by Gasteiger charge is -2.19. The van der Waals surface area contributed by atoms with E-state index in [9.17, 15) is 4.79 Å². The van der Waals surface area contributed by atoms with Crippen molar-refractivity contribution in [1.29, 1.82) is 0 Å². The SMILES string of the molecule is O=C(CCNc1ccc2c(c1)OCCO2)Nc1ccc(Oc2ccccc2)cc1. The summed E-state index contributed by atoms with van der Waals surface area (Å²) in [6.45, 7) is 1.63. The molecule has 2 N–H and O–H groups in total. The first-order chi connectivity index (χ1) is 14.3. The number of carbonyl (C=O) groups is 1. The minimum Gasteiger partial charge on any atom is -0.486 e. The summed E-state index contributed by atoms with van der Waals surface area (Å²) in [5.41, 5.74) is 1.62. The second-order valence-electron chi connectivity index (χ2n) is 6.52. The van der Waals surface area contributed by atoms with Gasteiger partial charge < -0.3 is 24.8 Å². The van der Waals surface area contributed by atoms with Crippen molar-refractivity contribution < 1.29 is 19.0 Å². The summed E-state index contributed by atoms with van der Waals surface area (Å²) in [5, 5.41) is 6.12. The average molecular weight is 390 g/mol. The average Bonchev–Trinajstić information content (AvgIpc) is 2.76. The highest BCUT2D eigenvalue weighted by atomic mass is 16.6. The van der Waals surface area contributed by atoms with Crippen LogP contribution in [0.3, 0.4) is 0 Å². The first-order valence-corrected chi connectivity index (χ1v) is 9.53. The molecule has 0 radical (unpaired) electrons. The van der Waals surface area contributed by atoms with E-state index in [-0.39, 0.29) is 5.91 Å². The number of anilines is 2. The Labute approximate surface area is 169 Å². The molecule has 148 valence electrons. The number of nitrogens with one attached hydrogen (secondary N) is 2. The molecule has 0 unspecified atom stereocenters. The Kier molecular flexibility index (Phi) is 5.81. The number of para-hydroxylation sites is 1. The van der Waals surface area contributed by atoms with E-state index in [1.807, 2.05) is 72.8 Å². The normalized spacial score (nSPS) is 12.1. The van der Waals surface area contributed by atoms with Crippen LogP contribution in [-0.2, 0) is 4.79 Å². The molecule has 0 saturated heterocycles. The summed E-state index contributed by atoms with van der Waals surface area (Å²) in [4.78, 5) is 12.2. The molecule has 4 rings (SSSR count). The van der Waals surface area contributed by atoms with Crippen LogP contribution in [0.4, 0.5) is 11.4 Å². The van der Waals surface area contributed by atoms with E-state index < -0.39 is 0 Å². The number of benzene rings is 3. The van der Waals surface area contributed by atoms with E-state index in [1.54, 1.807) is 0 Å². The third-order valence-electron chi connectivity index (χ3n) is 4.34. The van der Waals surface area contributed by atoms with Crippen molar-refractivity contribution in [3.8, 4) is 23.0 Å². The van der Waals surface area contributed by atoms with Gasteiger partial charge in [0.15, 0.2) is 11.5 Å². The minimum absolute atomic E-state index is 0.0632. The van der Waals surface area contributed by atoms with Gasteiger partial charge in [-0.25, -0.2) is 0 Å². The van der Waals surface area contributed by atoms with Crippen molar-refractivity contribution in [2.45, 2.75) is 6.42 Å². The van der Waals surface area contributed by atoms with E-state index >= 15 is 0 Å². The molecule has 0 saturated carbocycles. The Morgan fingerprint density at radius 2 is 1.52 bits per heavy atom. The van der Waals surface area contributed by atoms with Crippen molar-refractivity contribution >= 4 is 17.3 Å². The van der Waals surface area contributed by atoms with Gasteiger partial charge in [0, 0.05) is 30.4 Å². The lowest BCUT2D eigenvalue weighted by atomic mass is 10.2. The van der Waals surface area contributed by atoms with Gasteiger partial charge in [-0.05, 0) is 48.5 Å². The number of amides is 1. The molecule has 6 heteroatoms. The summed E-state index contributed by atoms with van der Waals surface area (Å²) in [7, 11) is 0. The Bertz CT molecular complexity index is 958. The molecule has 1 aliphatic rings. The number of carbonyl (C=O) groups excluding carboxylic acids is 1. The van der Waals surface area contributed by atoms with Crippen LogP contribution in [-0.4, -0.2) is 25.7 Å². The summed E-state index contributed by atoms with van der Waals surface area (Å²) >= 11 is 0. The Balaban J connectivity index is 1.23. The quantitative estimate of drug-likeness (QED) is 0.612. The first kappa shape index (κ1) is 18.7. The van der Waals surface area contributed by atoms with Gasteiger partial charge in [-0.2, -0.15) is 0 Å². The lowest BCUT2D eigenvalue weighted by Crippen LogP contribution is -2.17. The largest absolute Gasteiger partial charge is 0.486 e. The Hall–Kier alpha value is -3.67. The fraction of sp³-hybridized carbons (Fsp3) is 0.174.